The second-order valence-electron chi connectivity index (χ2n) is 4.38. The zero-order valence-corrected chi connectivity index (χ0v) is 11.0. The van der Waals surface area contributed by atoms with Crippen LogP contribution in [-0.2, 0) is 9.47 Å². The average Bonchev–Trinajstić information content (AvgIpc) is 2.47. The van der Waals surface area contributed by atoms with Crippen LogP contribution < -0.4 is 0 Å². The van der Waals surface area contributed by atoms with E-state index in [-0.39, 0.29) is 24.6 Å². The Bertz CT molecular complexity index is 582. The maximum Gasteiger partial charge on any atom is 0.375 e. The van der Waals surface area contributed by atoms with Gasteiger partial charge in [0.05, 0.1) is 9.85 Å². The summed E-state index contributed by atoms with van der Waals surface area (Å²) in [4.78, 5) is 20.7. The number of ether oxygens (including phenoxy) is 2. The van der Waals surface area contributed by atoms with Crippen molar-refractivity contribution >= 4 is 11.4 Å². The Labute approximate surface area is 118 Å². The van der Waals surface area contributed by atoms with Crippen molar-refractivity contribution in [2.24, 2.45) is 10.2 Å². The van der Waals surface area contributed by atoms with Crippen LogP contribution in [0, 0.1) is 20.2 Å². The first-order valence-electron chi connectivity index (χ1n) is 5.99. The van der Waals surface area contributed by atoms with Crippen molar-refractivity contribution in [1.29, 1.82) is 0 Å². The van der Waals surface area contributed by atoms with Gasteiger partial charge in [-0.3, -0.25) is 20.2 Å². The molecule has 10 heteroatoms. The molecule has 0 amide bonds. The minimum Gasteiger partial charge on any atom is -0.343 e. The predicted molar refractivity (Wildman–Crippen MR) is 68.7 cm³/mol. The van der Waals surface area contributed by atoms with E-state index in [1.165, 1.54) is 24.3 Å². The molecule has 1 saturated heterocycles. The molecule has 0 spiro atoms. The number of rotatable bonds is 4. The van der Waals surface area contributed by atoms with Gasteiger partial charge in [0.2, 0.25) is 0 Å². The molecule has 1 fully saturated rings. The van der Waals surface area contributed by atoms with Crippen LogP contribution in [0.25, 0.3) is 0 Å². The Morgan fingerprint density at radius 1 is 1.24 bits per heavy atom. The van der Waals surface area contributed by atoms with Gasteiger partial charge in [0, 0.05) is 6.07 Å². The third kappa shape index (κ3) is 3.17. The van der Waals surface area contributed by atoms with Gasteiger partial charge in [-0.2, -0.15) is 0 Å². The largest absolute Gasteiger partial charge is 0.375 e. The molecule has 112 valence electrons. The summed E-state index contributed by atoms with van der Waals surface area (Å²) in [6.07, 6.45) is -0.570. The quantitative estimate of drug-likeness (QED) is 0.474. The predicted octanol–water partition coefficient (Wildman–Crippen LogP) is 2.04. The van der Waals surface area contributed by atoms with E-state index >= 15 is 0 Å². The van der Waals surface area contributed by atoms with Gasteiger partial charge in [-0.15, -0.1) is 10.2 Å². The summed E-state index contributed by atoms with van der Waals surface area (Å²) in [5.74, 6) is 0. The smallest absolute Gasteiger partial charge is 0.343 e. The highest BCUT2D eigenvalue weighted by Crippen LogP contribution is 2.29. The summed E-state index contributed by atoms with van der Waals surface area (Å²) in [5.41, 5.74) is -2.25. The fraction of sp³-hybridized carbons (Fsp3) is 0.455. The number of nitro groups is 2. The molecule has 0 radical (unpaired) electrons. The van der Waals surface area contributed by atoms with E-state index in [2.05, 4.69) is 10.2 Å². The molecule has 0 unspecified atom stereocenters. The molecule has 10 nitrogen and oxygen atoms in total. The van der Waals surface area contributed by atoms with Crippen LogP contribution in [0.2, 0.25) is 0 Å². The molecule has 0 bridgehead atoms. The van der Waals surface area contributed by atoms with Crippen LogP contribution >= 0.6 is 0 Å². The zero-order chi connectivity index (χ0) is 15.5. The van der Waals surface area contributed by atoms with Crippen LogP contribution in [0.5, 0.6) is 0 Å². The first-order chi connectivity index (χ1) is 9.94. The topological polar surface area (TPSA) is 129 Å². The average molecular weight is 296 g/mol. The fourth-order valence-corrected chi connectivity index (χ4v) is 1.64. The second-order valence-corrected chi connectivity index (χ2v) is 4.38. The summed E-state index contributed by atoms with van der Waals surface area (Å²) in [6.45, 7) is 0.972. The molecule has 0 N–H and O–H groups in total. The maximum atomic E-state index is 11.2. The summed E-state index contributed by atoms with van der Waals surface area (Å²) < 4.78 is 10.1. The first-order valence-corrected chi connectivity index (χ1v) is 5.99. The van der Waals surface area contributed by atoms with Crippen LogP contribution in [0.1, 0.15) is 6.92 Å². The minimum atomic E-state index is -1.89. The number of benzene rings is 1. The normalized spacial score (nSPS) is 25.9. The Balaban J connectivity index is 2.30. The third-order valence-corrected chi connectivity index (χ3v) is 2.86. The molecule has 21 heavy (non-hydrogen) atoms. The van der Waals surface area contributed by atoms with E-state index in [1.807, 2.05) is 0 Å². The molecule has 1 aromatic carbocycles. The summed E-state index contributed by atoms with van der Waals surface area (Å²) in [6, 6.07) is 5.58. The lowest BCUT2D eigenvalue weighted by atomic mass is 10.2. The lowest BCUT2D eigenvalue weighted by Crippen LogP contribution is -2.50. The summed E-state index contributed by atoms with van der Waals surface area (Å²) >= 11 is 0. The highest BCUT2D eigenvalue weighted by molar-refractivity contribution is 5.56. The highest BCUT2D eigenvalue weighted by atomic mass is 16.7. The van der Waals surface area contributed by atoms with Crippen molar-refractivity contribution in [3.05, 3.63) is 44.5 Å². The molecule has 0 aromatic heterocycles. The Hall–Kier alpha value is -2.46. The first kappa shape index (κ1) is 14.9. The molecular formula is C11H12N4O6. The number of nitro benzene ring substituents is 1. The van der Waals surface area contributed by atoms with Crippen LogP contribution in [-0.4, -0.2) is 35.0 Å². The molecule has 0 aliphatic carbocycles. The van der Waals surface area contributed by atoms with Crippen molar-refractivity contribution in [2.75, 3.05) is 13.2 Å². The third-order valence-electron chi connectivity index (χ3n) is 2.86. The van der Waals surface area contributed by atoms with Gasteiger partial charge in [-0.25, -0.2) is 0 Å². The lowest BCUT2D eigenvalue weighted by Gasteiger charge is -2.28. The van der Waals surface area contributed by atoms with Crippen molar-refractivity contribution in [3.63, 3.8) is 0 Å². The molecule has 2 rings (SSSR count). The number of azo groups is 1. The van der Waals surface area contributed by atoms with Crippen LogP contribution in [0.4, 0.5) is 11.4 Å². The van der Waals surface area contributed by atoms with E-state index in [9.17, 15) is 20.2 Å². The summed E-state index contributed by atoms with van der Waals surface area (Å²) in [7, 11) is 0. The number of para-hydroxylation sites is 1. The minimum absolute atomic E-state index is 0.0673. The number of hydrogen-bond donors (Lipinski definition) is 0. The van der Waals surface area contributed by atoms with E-state index in [4.69, 9.17) is 9.47 Å². The van der Waals surface area contributed by atoms with E-state index in [0.29, 0.717) is 0 Å². The highest BCUT2D eigenvalue weighted by Gasteiger charge is 2.48. The van der Waals surface area contributed by atoms with Crippen LogP contribution in [0.3, 0.4) is 0 Å². The van der Waals surface area contributed by atoms with Crippen molar-refractivity contribution in [2.45, 2.75) is 18.9 Å². The van der Waals surface area contributed by atoms with Gasteiger partial charge in [0.1, 0.15) is 13.2 Å². The van der Waals surface area contributed by atoms with E-state index in [1.54, 1.807) is 6.92 Å². The van der Waals surface area contributed by atoms with Crippen LogP contribution in [0.15, 0.2) is 34.5 Å². The Kier molecular flexibility index (Phi) is 4.19. The van der Waals surface area contributed by atoms with E-state index in [0.717, 1.165) is 0 Å². The van der Waals surface area contributed by atoms with Crippen molar-refractivity contribution < 1.29 is 19.3 Å². The van der Waals surface area contributed by atoms with Crippen molar-refractivity contribution in [3.8, 4) is 0 Å². The molecule has 1 aliphatic heterocycles. The van der Waals surface area contributed by atoms with Crippen molar-refractivity contribution in [1.82, 2.24) is 0 Å². The fourth-order valence-electron chi connectivity index (χ4n) is 1.64. The van der Waals surface area contributed by atoms with Gasteiger partial charge in [-0.1, -0.05) is 12.1 Å². The summed E-state index contributed by atoms with van der Waals surface area (Å²) in [5, 5.41) is 29.3. The molecule has 1 aliphatic rings. The SMILES string of the molecule is CC1OCC(N=Nc2ccccc2[N+](=O)[O-])([N+](=O)[O-])CO1. The maximum absolute atomic E-state index is 11.2. The van der Waals surface area contributed by atoms with Gasteiger partial charge < -0.3 is 9.47 Å². The molecule has 0 saturated carbocycles. The second kappa shape index (κ2) is 5.89. The van der Waals surface area contributed by atoms with Gasteiger partial charge in [0.25, 0.3) is 5.69 Å². The zero-order valence-electron chi connectivity index (χ0n) is 11.0. The molecule has 1 heterocycles. The monoisotopic (exact) mass is 296 g/mol. The number of hydrogen-bond acceptors (Lipinski definition) is 8. The van der Waals surface area contributed by atoms with Gasteiger partial charge in [0.15, 0.2) is 12.0 Å². The Morgan fingerprint density at radius 2 is 1.86 bits per heavy atom. The van der Waals surface area contributed by atoms with E-state index < -0.39 is 21.8 Å². The molecule has 0 atom stereocenters. The molecular weight excluding hydrogens is 284 g/mol. The number of nitrogens with zero attached hydrogens (tertiary/aromatic N) is 4. The Morgan fingerprint density at radius 3 is 2.43 bits per heavy atom. The van der Waals surface area contributed by atoms with Gasteiger partial charge in [-0.05, 0) is 13.0 Å². The van der Waals surface area contributed by atoms with Gasteiger partial charge >= 0.3 is 5.66 Å². The standard InChI is InChI=1S/C11H12N4O6/c1-8-20-6-11(7-21-8,15(18)19)13-12-9-4-2-3-5-10(9)14(16)17/h2-5,8H,6-7H2,1H3. The lowest BCUT2D eigenvalue weighted by molar-refractivity contribution is -0.590. The molecule has 1 aromatic rings.